The molecule has 2 rings (SSSR count). The molecule has 0 amide bonds. The predicted molar refractivity (Wildman–Crippen MR) is 82.6 cm³/mol. The Bertz CT molecular complexity index is 547. The van der Waals surface area contributed by atoms with Gasteiger partial charge in [-0.2, -0.15) is 4.31 Å². The number of imidazole rings is 1. The molecule has 2 N–H and O–H groups in total. The largest absolute Gasteiger partial charge is 0.332 e. The lowest BCUT2D eigenvalue weighted by atomic mass is 9.99. The zero-order chi connectivity index (χ0) is 15.5. The van der Waals surface area contributed by atoms with Crippen molar-refractivity contribution in [1.82, 2.24) is 19.6 Å². The Balaban J connectivity index is 2.19. The molecule has 0 aliphatic carbocycles. The SMILES string of the molecule is CCc1ncc(S(=O)(=O)N(CC2CCCNC2)C(C)C)[nH]1. The van der Waals surface area contributed by atoms with Crippen LogP contribution in [0.4, 0.5) is 0 Å². The Kier molecular flexibility index (Phi) is 5.40. The summed E-state index contributed by atoms with van der Waals surface area (Å²) in [5, 5.41) is 3.55. The molecule has 2 heterocycles. The number of piperidine rings is 1. The Morgan fingerprint density at radius 2 is 2.24 bits per heavy atom. The lowest BCUT2D eigenvalue weighted by Gasteiger charge is -2.31. The van der Waals surface area contributed by atoms with Gasteiger partial charge in [0.1, 0.15) is 5.82 Å². The summed E-state index contributed by atoms with van der Waals surface area (Å²) in [4.78, 5) is 7.04. The van der Waals surface area contributed by atoms with E-state index in [1.165, 1.54) is 6.20 Å². The molecule has 6 nitrogen and oxygen atoms in total. The molecule has 1 aromatic rings. The molecule has 7 heteroatoms. The third-order valence-electron chi connectivity index (χ3n) is 3.94. The fourth-order valence-corrected chi connectivity index (χ4v) is 4.35. The van der Waals surface area contributed by atoms with Crippen LogP contribution in [0, 0.1) is 5.92 Å². The molecule has 0 saturated carbocycles. The Labute approximate surface area is 127 Å². The molecule has 0 spiro atoms. The highest BCUT2D eigenvalue weighted by Gasteiger charge is 2.31. The molecular formula is C14H26N4O2S. The molecule has 1 aromatic heterocycles. The third-order valence-corrected chi connectivity index (χ3v) is 5.89. The van der Waals surface area contributed by atoms with Crippen molar-refractivity contribution in [3.8, 4) is 0 Å². The van der Waals surface area contributed by atoms with Gasteiger partial charge in [0, 0.05) is 19.0 Å². The maximum atomic E-state index is 12.8. The Hall–Kier alpha value is -0.920. The molecule has 1 aliphatic rings. The van der Waals surface area contributed by atoms with Gasteiger partial charge in [-0.05, 0) is 45.7 Å². The van der Waals surface area contributed by atoms with Gasteiger partial charge in [-0.3, -0.25) is 0 Å². The van der Waals surface area contributed by atoms with Crippen LogP contribution in [0.3, 0.4) is 0 Å². The van der Waals surface area contributed by atoms with Gasteiger partial charge in [-0.25, -0.2) is 13.4 Å². The van der Waals surface area contributed by atoms with Crippen molar-refractivity contribution in [1.29, 1.82) is 0 Å². The minimum atomic E-state index is -3.50. The van der Waals surface area contributed by atoms with Crippen molar-refractivity contribution in [3.05, 3.63) is 12.0 Å². The van der Waals surface area contributed by atoms with E-state index in [9.17, 15) is 8.42 Å². The van der Waals surface area contributed by atoms with Gasteiger partial charge in [-0.1, -0.05) is 6.92 Å². The Morgan fingerprint density at radius 1 is 1.48 bits per heavy atom. The fourth-order valence-electron chi connectivity index (χ4n) is 2.70. The smallest absolute Gasteiger partial charge is 0.260 e. The molecule has 1 unspecified atom stereocenters. The maximum absolute atomic E-state index is 12.8. The average Bonchev–Trinajstić information content (AvgIpc) is 2.95. The standard InChI is InChI=1S/C14H26N4O2S/c1-4-13-16-9-14(17-13)21(19,20)18(11(2)3)10-12-6-5-7-15-8-12/h9,11-12,15H,4-8,10H2,1-3H3,(H,16,17). The van der Waals surface area contributed by atoms with Gasteiger partial charge >= 0.3 is 0 Å². The summed E-state index contributed by atoms with van der Waals surface area (Å²) >= 11 is 0. The van der Waals surface area contributed by atoms with Crippen LogP contribution in [-0.2, 0) is 16.4 Å². The third kappa shape index (κ3) is 3.84. The van der Waals surface area contributed by atoms with Crippen LogP contribution in [-0.4, -0.2) is 48.4 Å². The normalized spacial score (nSPS) is 20.3. The van der Waals surface area contributed by atoms with E-state index >= 15 is 0 Å². The summed E-state index contributed by atoms with van der Waals surface area (Å²) in [5.74, 6) is 1.08. The number of hydrogen-bond donors (Lipinski definition) is 2. The highest BCUT2D eigenvalue weighted by Crippen LogP contribution is 2.21. The maximum Gasteiger partial charge on any atom is 0.260 e. The molecule has 0 bridgehead atoms. The highest BCUT2D eigenvalue weighted by molar-refractivity contribution is 7.89. The van der Waals surface area contributed by atoms with Crippen molar-refractivity contribution in [2.45, 2.75) is 51.1 Å². The quantitative estimate of drug-likeness (QED) is 0.831. The van der Waals surface area contributed by atoms with E-state index in [0.29, 0.717) is 24.7 Å². The van der Waals surface area contributed by atoms with Gasteiger partial charge < -0.3 is 10.3 Å². The van der Waals surface area contributed by atoms with E-state index in [2.05, 4.69) is 15.3 Å². The first-order chi connectivity index (χ1) is 9.95. The van der Waals surface area contributed by atoms with Gasteiger partial charge in [0.25, 0.3) is 10.0 Å². The lowest BCUT2D eigenvalue weighted by Crippen LogP contribution is -2.44. The number of aromatic amines is 1. The van der Waals surface area contributed by atoms with Crippen molar-refractivity contribution in [2.24, 2.45) is 5.92 Å². The minimum Gasteiger partial charge on any atom is -0.332 e. The van der Waals surface area contributed by atoms with E-state index in [4.69, 9.17) is 0 Å². The zero-order valence-electron chi connectivity index (χ0n) is 13.1. The predicted octanol–water partition coefficient (Wildman–Crippen LogP) is 1.37. The van der Waals surface area contributed by atoms with Crippen LogP contribution < -0.4 is 5.32 Å². The second-order valence-electron chi connectivity index (χ2n) is 5.93. The lowest BCUT2D eigenvalue weighted by molar-refractivity contribution is 0.263. The molecule has 0 radical (unpaired) electrons. The molecule has 21 heavy (non-hydrogen) atoms. The van der Waals surface area contributed by atoms with Crippen LogP contribution in [0.15, 0.2) is 11.2 Å². The van der Waals surface area contributed by atoms with E-state index in [-0.39, 0.29) is 11.1 Å². The number of sulfonamides is 1. The second-order valence-corrected chi connectivity index (χ2v) is 7.79. The van der Waals surface area contributed by atoms with Crippen molar-refractivity contribution >= 4 is 10.0 Å². The van der Waals surface area contributed by atoms with E-state index in [0.717, 1.165) is 25.9 Å². The summed E-state index contributed by atoms with van der Waals surface area (Å²) < 4.78 is 27.2. The first-order valence-corrected chi connectivity index (χ1v) is 9.15. The first-order valence-electron chi connectivity index (χ1n) is 7.71. The summed E-state index contributed by atoms with van der Waals surface area (Å²) in [5.41, 5.74) is 0. The highest BCUT2D eigenvalue weighted by atomic mass is 32.2. The topological polar surface area (TPSA) is 78.1 Å². The van der Waals surface area contributed by atoms with Crippen molar-refractivity contribution in [3.63, 3.8) is 0 Å². The van der Waals surface area contributed by atoms with Crippen LogP contribution in [0.25, 0.3) is 0 Å². The van der Waals surface area contributed by atoms with Gasteiger partial charge in [0.2, 0.25) is 0 Å². The van der Waals surface area contributed by atoms with Gasteiger partial charge in [0.05, 0.1) is 6.20 Å². The molecule has 1 saturated heterocycles. The second kappa shape index (κ2) is 6.89. The number of nitrogens with zero attached hydrogens (tertiary/aromatic N) is 2. The summed E-state index contributed by atoms with van der Waals surface area (Å²) in [7, 11) is -3.50. The summed E-state index contributed by atoms with van der Waals surface area (Å²) in [6.07, 6.45) is 4.32. The number of aryl methyl sites for hydroxylation is 1. The molecule has 1 fully saturated rings. The van der Waals surface area contributed by atoms with Gasteiger partial charge in [-0.15, -0.1) is 0 Å². The monoisotopic (exact) mass is 314 g/mol. The average molecular weight is 314 g/mol. The molecule has 1 aliphatic heterocycles. The van der Waals surface area contributed by atoms with E-state index in [1.807, 2.05) is 20.8 Å². The first kappa shape index (κ1) is 16.5. The zero-order valence-corrected chi connectivity index (χ0v) is 13.9. The summed E-state index contributed by atoms with van der Waals surface area (Å²) in [6.45, 7) is 8.28. The molecule has 0 aromatic carbocycles. The van der Waals surface area contributed by atoms with Crippen LogP contribution in [0.5, 0.6) is 0 Å². The van der Waals surface area contributed by atoms with E-state index < -0.39 is 10.0 Å². The fraction of sp³-hybridized carbons (Fsp3) is 0.786. The number of aromatic nitrogens is 2. The van der Waals surface area contributed by atoms with E-state index in [1.54, 1.807) is 4.31 Å². The molecule has 120 valence electrons. The Morgan fingerprint density at radius 3 is 2.76 bits per heavy atom. The van der Waals surface area contributed by atoms with Crippen LogP contribution in [0.1, 0.15) is 39.4 Å². The number of rotatable bonds is 6. The summed E-state index contributed by atoms with van der Waals surface area (Å²) in [6, 6.07) is -0.0645. The van der Waals surface area contributed by atoms with Gasteiger partial charge in [0.15, 0.2) is 5.03 Å². The molecular weight excluding hydrogens is 288 g/mol. The molecule has 1 atom stereocenters. The van der Waals surface area contributed by atoms with Crippen molar-refractivity contribution in [2.75, 3.05) is 19.6 Å². The minimum absolute atomic E-state index is 0.0645. The van der Waals surface area contributed by atoms with Crippen LogP contribution in [0.2, 0.25) is 0 Å². The number of H-pyrrole nitrogens is 1. The van der Waals surface area contributed by atoms with Crippen molar-refractivity contribution < 1.29 is 8.42 Å². The number of nitrogens with one attached hydrogen (secondary N) is 2. The number of hydrogen-bond acceptors (Lipinski definition) is 4. The van der Waals surface area contributed by atoms with Crippen LogP contribution >= 0.6 is 0 Å².